The molecular weight excluding hydrogens is 388 g/mol. The van der Waals surface area contributed by atoms with Crippen molar-refractivity contribution in [3.8, 4) is 5.75 Å². The lowest BCUT2D eigenvalue weighted by Gasteiger charge is -2.32. The van der Waals surface area contributed by atoms with E-state index in [0.717, 1.165) is 4.90 Å². The summed E-state index contributed by atoms with van der Waals surface area (Å²) in [5.41, 5.74) is 1.32. The first-order valence-corrected chi connectivity index (χ1v) is 9.65. The molecule has 0 spiro atoms. The summed E-state index contributed by atoms with van der Waals surface area (Å²) >= 11 is 0. The molecule has 0 fully saturated rings. The van der Waals surface area contributed by atoms with Gasteiger partial charge in [0.05, 0.1) is 29.8 Å². The molecule has 0 saturated heterocycles. The molecule has 4 rings (SSSR count). The Kier molecular flexibility index (Phi) is 5.22. The van der Waals surface area contributed by atoms with Crippen LogP contribution in [0.4, 0.5) is 5.69 Å². The molecule has 154 valence electrons. The summed E-state index contributed by atoms with van der Waals surface area (Å²) in [6.45, 7) is 1.68. The van der Waals surface area contributed by atoms with Crippen molar-refractivity contribution in [2.75, 3.05) is 24.6 Å². The van der Waals surface area contributed by atoms with Gasteiger partial charge in [-0.25, -0.2) is 0 Å². The molecule has 0 radical (unpaired) electrons. The maximum absolute atomic E-state index is 12.4. The van der Waals surface area contributed by atoms with E-state index in [2.05, 4.69) is 0 Å². The van der Waals surface area contributed by atoms with Crippen molar-refractivity contribution in [2.24, 2.45) is 0 Å². The van der Waals surface area contributed by atoms with Crippen LogP contribution >= 0.6 is 0 Å². The second-order valence-electron chi connectivity index (χ2n) is 7.00. The molecule has 0 aliphatic carbocycles. The van der Waals surface area contributed by atoms with Gasteiger partial charge >= 0.3 is 5.97 Å². The van der Waals surface area contributed by atoms with Crippen molar-refractivity contribution >= 4 is 29.4 Å². The number of anilines is 1. The number of rotatable bonds is 6. The molecule has 2 aromatic carbocycles. The Morgan fingerprint density at radius 3 is 2.27 bits per heavy atom. The van der Waals surface area contributed by atoms with E-state index < -0.39 is 23.9 Å². The maximum atomic E-state index is 12.4. The van der Waals surface area contributed by atoms with Crippen molar-refractivity contribution in [1.82, 2.24) is 4.90 Å². The fourth-order valence-corrected chi connectivity index (χ4v) is 3.56. The Morgan fingerprint density at radius 2 is 1.57 bits per heavy atom. The van der Waals surface area contributed by atoms with Crippen LogP contribution < -0.4 is 9.64 Å². The number of amides is 3. The summed E-state index contributed by atoms with van der Waals surface area (Å²) in [4.78, 5) is 51.8. The quantitative estimate of drug-likeness (QED) is 0.536. The summed E-state index contributed by atoms with van der Waals surface area (Å²) in [7, 11) is 0. The molecule has 1 atom stereocenters. The summed E-state index contributed by atoms with van der Waals surface area (Å²) in [6.07, 6.45) is -0.653. The van der Waals surface area contributed by atoms with Gasteiger partial charge in [-0.2, -0.15) is 0 Å². The molecule has 8 nitrogen and oxygen atoms in total. The molecule has 3 amide bonds. The van der Waals surface area contributed by atoms with Gasteiger partial charge in [0.2, 0.25) is 0 Å². The third-order valence-electron chi connectivity index (χ3n) is 5.07. The number of fused-ring (bicyclic) bond motifs is 2. The van der Waals surface area contributed by atoms with E-state index in [0.29, 0.717) is 22.6 Å². The van der Waals surface area contributed by atoms with Gasteiger partial charge in [0.15, 0.2) is 6.10 Å². The Hall–Kier alpha value is -3.68. The largest absolute Gasteiger partial charge is 0.479 e. The number of hydrogen-bond acceptors (Lipinski definition) is 6. The van der Waals surface area contributed by atoms with Crippen LogP contribution in [0.3, 0.4) is 0 Å². The number of ether oxygens (including phenoxy) is 2. The SMILES string of the molecule is CC1Oc2ccccc2N(CCC(=O)OCCN2C(=O)c3ccccc3C2=O)C1=O. The van der Waals surface area contributed by atoms with Crippen LogP contribution in [0.5, 0.6) is 5.75 Å². The highest BCUT2D eigenvalue weighted by Gasteiger charge is 2.35. The van der Waals surface area contributed by atoms with E-state index in [9.17, 15) is 19.2 Å². The van der Waals surface area contributed by atoms with Gasteiger partial charge in [0.25, 0.3) is 17.7 Å². The Bertz CT molecular complexity index is 999. The molecular formula is C22H20N2O6. The first-order chi connectivity index (χ1) is 14.5. The van der Waals surface area contributed by atoms with E-state index in [1.54, 1.807) is 49.4 Å². The molecule has 2 aliphatic heterocycles. The number of para-hydroxylation sites is 2. The first-order valence-electron chi connectivity index (χ1n) is 9.65. The van der Waals surface area contributed by atoms with Crippen LogP contribution in [-0.2, 0) is 14.3 Å². The first kappa shape index (κ1) is 19.6. The van der Waals surface area contributed by atoms with Gasteiger partial charge in [-0.3, -0.25) is 24.1 Å². The highest BCUT2D eigenvalue weighted by Crippen LogP contribution is 2.33. The summed E-state index contributed by atoms with van der Waals surface area (Å²) in [5, 5.41) is 0. The molecule has 2 heterocycles. The minimum atomic E-state index is -0.634. The molecule has 8 heteroatoms. The number of esters is 1. The molecule has 0 bridgehead atoms. The third-order valence-corrected chi connectivity index (χ3v) is 5.07. The predicted molar refractivity (Wildman–Crippen MR) is 106 cm³/mol. The smallest absolute Gasteiger partial charge is 0.307 e. The number of carbonyl (C=O) groups excluding carboxylic acids is 4. The fourth-order valence-electron chi connectivity index (χ4n) is 3.56. The molecule has 2 aromatic rings. The number of hydrogen-bond donors (Lipinski definition) is 0. The van der Waals surface area contributed by atoms with Gasteiger partial charge in [-0.1, -0.05) is 24.3 Å². The van der Waals surface area contributed by atoms with Crippen LogP contribution in [0.1, 0.15) is 34.1 Å². The van der Waals surface area contributed by atoms with Crippen LogP contribution in [0.25, 0.3) is 0 Å². The maximum Gasteiger partial charge on any atom is 0.307 e. The van der Waals surface area contributed by atoms with E-state index >= 15 is 0 Å². The average molecular weight is 408 g/mol. The minimum absolute atomic E-state index is 0.0189. The van der Waals surface area contributed by atoms with Crippen molar-refractivity contribution in [2.45, 2.75) is 19.4 Å². The third kappa shape index (κ3) is 3.52. The topological polar surface area (TPSA) is 93.2 Å². The van der Waals surface area contributed by atoms with Gasteiger partial charge in [0, 0.05) is 6.54 Å². The van der Waals surface area contributed by atoms with Gasteiger partial charge in [-0.05, 0) is 31.2 Å². The summed E-state index contributed by atoms with van der Waals surface area (Å²) < 4.78 is 10.8. The average Bonchev–Trinajstić information content (AvgIpc) is 2.99. The molecule has 0 saturated carbocycles. The predicted octanol–water partition coefficient (Wildman–Crippen LogP) is 2.03. The van der Waals surface area contributed by atoms with Crippen LogP contribution in [-0.4, -0.2) is 54.4 Å². The van der Waals surface area contributed by atoms with Gasteiger partial charge in [-0.15, -0.1) is 0 Å². The lowest BCUT2D eigenvalue weighted by atomic mass is 10.1. The highest BCUT2D eigenvalue weighted by atomic mass is 16.5. The van der Waals surface area contributed by atoms with Gasteiger partial charge < -0.3 is 14.4 Å². The summed E-state index contributed by atoms with van der Waals surface area (Å²) in [5.74, 6) is -0.945. The van der Waals surface area contributed by atoms with Crippen molar-refractivity contribution in [3.05, 3.63) is 59.7 Å². The van der Waals surface area contributed by atoms with Crippen LogP contribution in [0, 0.1) is 0 Å². The lowest BCUT2D eigenvalue weighted by molar-refractivity contribution is -0.143. The fraction of sp³-hybridized carbons (Fsp3) is 0.273. The minimum Gasteiger partial charge on any atom is -0.479 e. The molecule has 0 aromatic heterocycles. The molecule has 30 heavy (non-hydrogen) atoms. The van der Waals surface area contributed by atoms with E-state index in [4.69, 9.17) is 9.47 Å². The Labute approximate surface area is 173 Å². The van der Waals surface area contributed by atoms with Crippen molar-refractivity contribution < 1.29 is 28.7 Å². The van der Waals surface area contributed by atoms with Crippen LogP contribution in [0.2, 0.25) is 0 Å². The number of benzene rings is 2. The van der Waals surface area contributed by atoms with Gasteiger partial charge in [0.1, 0.15) is 12.4 Å². The van der Waals surface area contributed by atoms with E-state index in [1.165, 1.54) is 4.90 Å². The normalized spacial score (nSPS) is 17.5. The van der Waals surface area contributed by atoms with Crippen molar-refractivity contribution in [3.63, 3.8) is 0 Å². The Balaban J connectivity index is 1.30. The standard InChI is InChI=1S/C22H20N2O6/c1-14-20(26)23(17-8-4-5-9-18(17)30-14)11-10-19(25)29-13-12-24-21(27)15-6-2-3-7-16(15)22(24)28/h2-9,14H,10-13H2,1H3. The zero-order valence-electron chi connectivity index (χ0n) is 16.4. The van der Waals surface area contributed by atoms with Crippen LogP contribution in [0.15, 0.2) is 48.5 Å². The number of nitrogens with zero attached hydrogens (tertiary/aromatic N) is 2. The molecule has 0 N–H and O–H groups in total. The molecule has 1 unspecified atom stereocenters. The van der Waals surface area contributed by atoms with Crippen molar-refractivity contribution in [1.29, 1.82) is 0 Å². The Morgan fingerprint density at radius 1 is 0.933 bits per heavy atom. The monoisotopic (exact) mass is 408 g/mol. The number of carbonyl (C=O) groups is 4. The summed E-state index contributed by atoms with van der Waals surface area (Å²) in [6, 6.07) is 13.7. The zero-order chi connectivity index (χ0) is 21.3. The van der Waals surface area contributed by atoms with E-state index in [1.807, 2.05) is 6.07 Å². The highest BCUT2D eigenvalue weighted by molar-refractivity contribution is 6.21. The second-order valence-corrected chi connectivity index (χ2v) is 7.00. The second kappa shape index (κ2) is 7.98. The van der Waals surface area contributed by atoms with E-state index in [-0.39, 0.29) is 32.0 Å². The lowest BCUT2D eigenvalue weighted by Crippen LogP contribution is -2.45. The number of imide groups is 1. The zero-order valence-corrected chi connectivity index (χ0v) is 16.4. The molecule has 2 aliphatic rings.